The standard InChI is InChI=1S/C22H25N5O4S2/c1-25(2)19-7-3-6-18-17(19)5-4-8-20(18)33(30,31)27-13-11-26(12-14-27)22-23-15-16(32-22)9-10-21(28)24-29/h3-10,15,29H,11-14H2,1-2H3,(H,24,28)/b10-9+. The number of carbonyl (C=O) groups is 1. The normalized spacial score (nSPS) is 15.3. The summed E-state index contributed by atoms with van der Waals surface area (Å²) in [6, 6.07) is 11.1. The van der Waals surface area contributed by atoms with Crippen LogP contribution in [0.25, 0.3) is 16.8 Å². The lowest BCUT2D eigenvalue weighted by atomic mass is 10.1. The summed E-state index contributed by atoms with van der Waals surface area (Å²) in [5.74, 6) is -0.616. The number of sulfonamides is 1. The maximum Gasteiger partial charge on any atom is 0.267 e. The van der Waals surface area contributed by atoms with E-state index in [2.05, 4.69) is 4.98 Å². The average molecular weight is 488 g/mol. The molecule has 4 rings (SSSR count). The molecule has 1 amide bonds. The Balaban J connectivity index is 1.51. The van der Waals surface area contributed by atoms with Gasteiger partial charge in [-0.3, -0.25) is 10.0 Å². The predicted molar refractivity (Wildman–Crippen MR) is 130 cm³/mol. The summed E-state index contributed by atoms with van der Waals surface area (Å²) >= 11 is 1.40. The number of amides is 1. The van der Waals surface area contributed by atoms with E-state index in [9.17, 15) is 13.2 Å². The molecule has 1 aliphatic rings. The number of fused-ring (bicyclic) bond motifs is 1. The zero-order valence-electron chi connectivity index (χ0n) is 18.3. The lowest BCUT2D eigenvalue weighted by Gasteiger charge is -2.34. The zero-order chi connectivity index (χ0) is 23.6. The fourth-order valence-corrected chi connectivity index (χ4v) is 6.33. The Labute approximate surface area is 196 Å². The first-order chi connectivity index (χ1) is 15.8. The van der Waals surface area contributed by atoms with Crippen molar-refractivity contribution in [3.8, 4) is 0 Å². The smallest absolute Gasteiger partial charge is 0.267 e. The molecule has 0 aliphatic carbocycles. The quantitative estimate of drug-likeness (QED) is 0.312. The highest BCUT2D eigenvalue weighted by Gasteiger charge is 2.30. The Kier molecular flexibility index (Phi) is 6.66. The Morgan fingerprint density at radius 3 is 2.52 bits per heavy atom. The fraction of sp³-hybridized carbons (Fsp3) is 0.273. The predicted octanol–water partition coefficient (Wildman–Crippen LogP) is 2.39. The van der Waals surface area contributed by atoms with E-state index in [1.54, 1.807) is 29.9 Å². The summed E-state index contributed by atoms with van der Waals surface area (Å²) in [6.45, 7) is 1.73. The van der Waals surface area contributed by atoms with Crippen molar-refractivity contribution in [2.75, 3.05) is 50.1 Å². The van der Waals surface area contributed by atoms with Gasteiger partial charge in [-0.25, -0.2) is 18.9 Å². The number of thiazole rings is 1. The van der Waals surface area contributed by atoms with Crippen molar-refractivity contribution >= 4 is 54.9 Å². The minimum atomic E-state index is -3.66. The molecule has 2 N–H and O–H groups in total. The lowest BCUT2D eigenvalue weighted by molar-refractivity contribution is -0.124. The summed E-state index contributed by atoms with van der Waals surface area (Å²) < 4.78 is 28.6. The Hall–Kier alpha value is -2.99. The van der Waals surface area contributed by atoms with Crippen LogP contribution in [0.5, 0.6) is 0 Å². The van der Waals surface area contributed by atoms with Crippen LogP contribution in [0.4, 0.5) is 10.8 Å². The molecule has 174 valence electrons. The van der Waals surface area contributed by atoms with Crippen molar-refractivity contribution in [1.29, 1.82) is 0 Å². The number of piperazine rings is 1. The summed E-state index contributed by atoms with van der Waals surface area (Å²) in [4.78, 5) is 20.6. The van der Waals surface area contributed by atoms with Crippen molar-refractivity contribution in [3.63, 3.8) is 0 Å². The van der Waals surface area contributed by atoms with E-state index in [1.165, 1.54) is 21.7 Å². The number of benzene rings is 2. The number of hydroxylamine groups is 1. The second-order valence-corrected chi connectivity index (χ2v) is 10.7. The molecule has 0 unspecified atom stereocenters. The molecule has 3 aromatic rings. The first-order valence-corrected chi connectivity index (χ1v) is 12.6. The number of anilines is 2. The van der Waals surface area contributed by atoms with E-state index < -0.39 is 15.9 Å². The van der Waals surface area contributed by atoms with Crippen LogP contribution in [-0.2, 0) is 14.8 Å². The highest BCUT2D eigenvalue weighted by molar-refractivity contribution is 7.89. The van der Waals surface area contributed by atoms with Crippen molar-refractivity contribution < 1.29 is 18.4 Å². The molecule has 0 radical (unpaired) electrons. The molecule has 0 saturated carbocycles. The summed E-state index contributed by atoms with van der Waals surface area (Å²) in [6.07, 6.45) is 4.42. The Morgan fingerprint density at radius 1 is 1.12 bits per heavy atom. The summed E-state index contributed by atoms with van der Waals surface area (Å²) in [5, 5.41) is 10.9. The van der Waals surface area contributed by atoms with Gasteiger partial charge in [0.25, 0.3) is 5.91 Å². The minimum absolute atomic E-state index is 0.320. The summed E-state index contributed by atoms with van der Waals surface area (Å²) in [5.41, 5.74) is 2.51. The van der Waals surface area contributed by atoms with Gasteiger partial charge in [-0.15, -0.1) is 0 Å². The third-order valence-corrected chi connectivity index (χ3v) is 8.47. The zero-order valence-corrected chi connectivity index (χ0v) is 19.9. The lowest BCUT2D eigenvalue weighted by Crippen LogP contribution is -2.48. The molecule has 1 aromatic heterocycles. The Bertz CT molecular complexity index is 1300. The van der Waals surface area contributed by atoms with Gasteiger partial charge in [0.05, 0.1) is 4.90 Å². The number of aromatic nitrogens is 1. The van der Waals surface area contributed by atoms with Crippen LogP contribution in [0.2, 0.25) is 0 Å². The van der Waals surface area contributed by atoms with Gasteiger partial charge in [0.2, 0.25) is 10.0 Å². The number of hydrogen-bond acceptors (Lipinski definition) is 8. The maximum absolute atomic E-state index is 13.5. The Morgan fingerprint density at radius 2 is 1.82 bits per heavy atom. The SMILES string of the molecule is CN(C)c1cccc2c(S(=O)(=O)N3CCN(c4ncc(/C=C/C(=O)NO)s4)CC3)cccc12. The molecule has 33 heavy (non-hydrogen) atoms. The number of nitrogens with one attached hydrogen (secondary N) is 1. The number of hydrogen-bond donors (Lipinski definition) is 2. The van der Waals surface area contributed by atoms with Crippen molar-refractivity contribution in [3.05, 3.63) is 53.5 Å². The molecule has 2 aromatic carbocycles. The molecule has 0 atom stereocenters. The first-order valence-electron chi connectivity index (χ1n) is 10.3. The van der Waals surface area contributed by atoms with Crippen LogP contribution in [0.3, 0.4) is 0 Å². The highest BCUT2D eigenvalue weighted by Crippen LogP contribution is 2.32. The average Bonchev–Trinajstić information content (AvgIpc) is 3.30. The van der Waals surface area contributed by atoms with Crippen molar-refractivity contribution in [2.24, 2.45) is 0 Å². The number of carbonyl (C=O) groups excluding carboxylic acids is 1. The fourth-order valence-electron chi connectivity index (χ4n) is 3.83. The largest absolute Gasteiger partial charge is 0.377 e. The van der Waals surface area contributed by atoms with E-state index in [1.807, 2.05) is 48.2 Å². The second kappa shape index (κ2) is 9.48. The minimum Gasteiger partial charge on any atom is -0.377 e. The van der Waals surface area contributed by atoms with Gasteiger partial charge >= 0.3 is 0 Å². The highest BCUT2D eigenvalue weighted by atomic mass is 32.2. The third-order valence-electron chi connectivity index (χ3n) is 5.49. The van der Waals surface area contributed by atoms with Crippen LogP contribution in [0.15, 0.2) is 53.6 Å². The monoisotopic (exact) mass is 487 g/mol. The van der Waals surface area contributed by atoms with Gasteiger partial charge in [0.1, 0.15) is 0 Å². The van der Waals surface area contributed by atoms with Crippen LogP contribution >= 0.6 is 11.3 Å². The van der Waals surface area contributed by atoms with Gasteiger partial charge in [0.15, 0.2) is 5.13 Å². The molecule has 9 nitrogen and oxygen atoms in total. The van der Waals surface area contributed by atoms with E-state index in [0.717, 1.165) is 26.5 Å². The number of rotatable bonds is 6. The van der Waals surface area contributed by atoms with Gasteiger partial charge in [-0.2, -0.15) is 4.31 Å². The van der Waals surface area contributed by atoms with Crippen LogP contribution in [0.1, 0.15) is 4.88 Å². The molecule has 0 bridgehead atoms. The van der Waals surface area contributed by atoms with Crippen molar-refractivity contribution in [2.45, 2.75) is 4.90 Å². The van der Waals surface area contributed by atoms with Crippen molar-refractivity contribution in [1.82, 2.24) is 14.8 Å². The van der Waals surface area contributed by atoms with Crippen LogP contribution in [-0.4, -0.2) is 69.1 Å². The van der Waals surface area contributed by atoms with E-state index in [4.69, 9.17) is 5.21 Å². The van der Waals surface area contributed by atoms with Gasteiger partial charge in [-0.1, -0.05) is 35.6 Å². The molecule has 1 aliphatic heterocycles. The molecule has 1 fully saturated rings. The first kappa shape index (κ1) is 23.2. The molecule has 2 heterocycles. The summed E-state index contributed by atoms with van der Waals surface area (Å²) in [7, 11) is 0.221. The topological polar surface area (TPSA) is 106 Å². The van der Waals surface area contributed by atoms with Crippen LogP contribution in [0, 0.1) is 0 Å². The van der Waals surface area contributed by atoms with Gasteiger partial charge in [-0.05, 0) is 18.2 Å². The molecular weight excluding hydrogens is 462 g/mol. The molecular formula is C22H25N5O4S2. The van der Waals surface area contributed by atoms with Gasteiger partial charge < -0.3 is 9.80 Å². The maximum atomic E-state index is 13.5. The molecule has 11 heteroatoms. The number of nitrogens with zero attached hydrogens (tertiary/aromatic N) is 4. The molecule has 0 spiro atoms. The van der Waals surface area contributed by atoms with E-state index in [-0.39, 0.29) is 0 Å². The van der Waals surface area contributed by atoms with E-state index >= 15 is 0 Å². The molecule has 1 saturated heterocycles. The third kappa shape index (κ3) is 4.71. The van der Waals surface area contributed by atoms with Gasteiger partial charge in [0, 0.05) is 73.9 Å². The van der Waals surface area contributed by atoms with E-state index in [0.29, 0.717) is 31.1 Å². The second-order valence-electron chi connectivity index (χ2n) is 7.77. The van der Waals surface area contributed by atoms with Crippen LogP contribution < -0.4 is 15.3 Å².